The first-order valence-corrected chi connectivity index (χ1v) is 13.2. The molecule has 1 heterocycles. The van der Waals surface area contributed by atoms with Crippen molar-refractivity contribution in [2.24, 2.45) is 0 Å². The normalized spacial score (nSPS) is 12.2. The van der Waals surface area contributed by atoms with Crippen LogP contribution in [0.5, 0.6) is 5.75 Å². The number of furan rings is 1. The number of hydrogen-bond donors (Lipinski definition) is 1. The maximum absolute atomic E-state index is 13.5. The quantitative estimate of drug-likeness (QED) is 0.399. The van der Waals surface area contributed by atoms with Gasteiger partial charge in [0.2, 0.25) is 21.8 Å². The lowest BCUT2D eigenvalue weighted by Gasteiger charge is -2.32. The number of carbonyl (C=O) groups excluding carboxylic acids is 2. The van der Waals surface area contributed by atoms with Gasteiger partial charge >= 0.3 is 0 Å². The summed E-state index contributed by atoms with van der Waals surface area (Å²) in [6.45, 7) is -0.136. The van der Waals surface area contributed by atoms with Crippen molar-refractivity contribution in [2.45, 2.75) is 25.6 Å². The Morgan fingerprint density at radius 3 is 2.28 bits per heavy atom. The van der Waals surface area contributed by atoms with E-state index < -0.39 is 28.5 Å². The first-order chi connectivity index (χ1) is 17.2. The van der Waals surface area contributed by atoms with Crippen LogP contribution in [0.2, 0.25) is 0 Å². The van der Waals surface area contributed by atoms with Crippen molar-refractivity contribution < 1.29 is 27.2 Å². The molecule has 0 spiro atoms. The third-order valence-corrected chi connectivity index (χ3v) is 6.99. The number of benzene rings is 2. The van der Waals surface area contributed by atoms with E-state index in [1.54, 1.807) is 43.5 Å². The number of methoxy groups -OCH3 is 1. The van der Waals surface area contributed by atoms with Crippen molar-refractivity contribution >= 4 is 21.8 Å². The Bertz CT molecular complexity index is 1230. The van der Waals surface area contributed by atoms with Crippen LogP contribution in [0.3, 0.4) is 0 Å². The molecule has 2 amide bonds. The number of ether oxygens (including phenoxy) is 1. The molecule has 0 aliphatic carbocycles. The Kier molecular flexibility index (Phi) is 9.26. The Balaban J connectivity index is 1.94. The molecule has 1 unspecified atom stereocenters. The summed E-state index contributed by atoms with van der Waals surface area (Å²) in [6.07, 6.45) is 2.80. The van der Waals surface area contributed by atoms with Gasteiger partial charge in [0.05, 0.1) is 32.7 Å². The third-order valence-electron chi connectivity index (χ3n) is 5.72. The minimum atomic E-state index is -3.60. The van der Waals surface area contributed by atoms with E-state index in [0.29, 0.717) is 11.5 Å². The highest BCUT2D eigenvalue weighted by Gasteiger charge is 2.32. The topological polar surface area (TPSA) is 109 Å². The molecule has 0 bridgehead atoms. The predicted molar refractivity (Wildman–Crippen MR) is 136 cm³/mol. The largest absolute Gasteiger partial charge is 0.497 e. The minimum Gasteiger partial charge on any atom is -0.497 e. The van der Waals surface area contributed by atoms with Gasteiger partial charge < -0.3 is 19.4 Å². The van der Waals surface area contributed by atoms with E-state index in [2.05, 4.69) is 5.32 Å². The van der Waals surface area contributed by atoms with Gasteiger partial charge in [-0.25, -0.2) is 8.42 Å². The van der Waals surface area contributed by atoms with Gasteiger partial charge in [0.25, 0.3) is 0 Å². The van der Waals surface area contributed by atoms with Crippen LogP contribution in [0.25, 0.3) is 0 Å². The molecule has 2 aromatic carbocycles. The zero-order valence-corrected chi connectivity index (χ0v) is 21.4. The zero-order chi connectivity index (χ0) is 26.1. The van der Waals surface area contributed by atoms with Crippen molar-refractivity contribution in [1.82, 2.24) is 14.5 Å². The standard InChI is InChI=1S/C26H31N3O6S/c1-28(36(3,32)33)19-25(30)29(18-21-11-13-22(34-2)14-12-21)24(16-20-8-5-4-6-9-20)26(31)27-17-23-10-7-15-35-23/h4-15,24H,16-19H2,1-3H3,(H,27,31). The molecule has 1 N–H and O–H groups in total. The van der Waals surface area contributed by atoms with E-state index >= 15 is 0 Å². The van der Waals surface area contributed by atoms with Gasteiger partial charge in [0, 0.05) is 20.0 Å². The molecule has 192 valence electrons. The van der Waals surface area contributed by atoms with E-state index in [0.717, 1.165) is 21.7 Å². The predicted octanol–water partition coefficient (Wildman–Crippen LogP) is 2.44. The van der Waals surface area contributed by atoms with E-state index in [4.69, 9.17) is 9.15 Å². The maximum Gasteiger partial charge on any atom is 0.243 e. The van der Waals surface area contributed by atoms with Crippen LogP contribution in [0.1, 0.15) is 16.9 Å². The number of nitrogens with zero attached hydrogens (tertiary/aromatic N) is 2. The monoisotopic (exact) mass is 513 g/mol. The molecule has 0 aliphatic rings. The van der Waals surface area contributed by atoms with E-state index in [1.807, 2.05) is 30.3 Å². The second kappa shape index (κ2) is 12.4. The highest BCUT2D eigenvalue weighted by Crippen LogP contribution is 2.18. The first-order valence-electron chi connectivity index (χ1n) is 11.3. The summed E-state index contributed by atoms with van der Waals surface area (Å²) in [5, 5.41) is 2.85. The molecular weight excluding hydrogens is 482 g/mol. The molecule has 3 rings (SSSR count). The van der Waals surface area contributed by atoms with Gasteiger partial charge in [0.1, 0.15) is 17.6 Å². The van der Waals surface area contributed by atoms with Crippen LogP contribution in [0.15, 0.2) is 77.4 Å². The van der Waals surface area contributed by atoms with E-state index in [1.165, 1.54) is 18.2 Å². The van der Waals surface area contributed by atoms with Gasteiger partial charge in [-0.3, -0.25) is 9.59 Å². The molecule has 3 aromatic rings. The molecule has 0 aliphatic heterocycles. The third kappa shape index (κ3) is 7.69. The highest BCUT2D eigenvalue weighted by atomic mass is 32.2. The second-order valence-corrected chi connectivity index (χ2v) is 10.5. The first kappa shape index (κ1) is 27.0. The smallest absolute Gasteiger partial charge is 0.243 e. The Morgan fingerprint density at radius 2 is 1.69 bits per heavy atom. The van der Waals surface area contributed by atoms with Crippen LogP contribution in [-0.4, -0.2) is 62.4 Å². The molecule has 1 atom stereocenters. The summed E-state index contributed by atoms with van der Waals surface area (Å²) in [4.78, 5) is 28.4. The zero-order valence-electron chi connectivity index (χ0n) is 20.6. The van der Waals surface area contributed by atoms with Crippen LogP contribution in [0, 0.1) is 0 Å². The Labute approximate surface area is 211 Å². The number of likely N-dealkylation sites (N-methyl/N-ethyl adjacent to an activating group) is 1. The Hall–Kier alpha value is -3.63. The lowest BCUT2D eigenvalue weighted by atomic mass is 10.0. The number of amides is 2. The summed E-state index contributed by atoms with van der Waals surface area (Å²) < 4.78 is 35.5. The van der Waals surface area contributed by atoms with Crippen LogP contribution < -0.4 is 10.1 Å². The summed E-state index contributed by atoms with van der Waals surface area (Å²) in [5.41, 5.74) is 1.63. The van der Waals surface area contributed by atoms with Gasteiger partial charge in [-0.2, -0.15) is 4.31 Å². The van der Waals surface area contributed by atoms with Crippen molar-refractivity contribution in [3.8, 4) is 5.75 Å². The Morgan fingerprint density at radius 1 is 1.00 bits per heavy atom. The molecule has 36 heavy (non-hydrogen) atoms. The fourth-order valence-corrected chi connectivity index (χ4v) is 3.93. The van der Waals surface area contributed by atoms with Crippen LogP contribution in [-0.2, 0) is 39.1 Å². The van der Waals surface area contributed by atoms with Gasteiger partial charge in [-0.15, -0.1) is 0 Å². The van der Waals surface area contributed by atoms with Crippen molar-refractivity contribution in [3.05, 3.63) is 89.9 Å². The van der Waals surface area contributed by atoms with Gasteiger partial charge in [-0.1, -0.05) is 42.5 Å². The second-order valence-electron chi connectivity index (χ2n) is 8.39. The minimum absolute atomic E-state index is 0.103. The molecule has 0 fully saturated rings. The van der Waals surface area contributed by atoms with Gasteiger partial charge in [-0.05, 0) is 35.4 Å². The number of sulfonamides is 1. The number of hydrogen-bond acceptors (Lipinski definition) is 6. The summed E-state index contributed by atoms with van der Waals surface area (Å²) >= 11 is 0. The van der Waals surface area contributed by atoms with Gasteiger partial charge in [0.15, 0.2) is 0 Å². The van der Waals surface area contributed by atoms with E-state index in [-0.39, 0.29) is 25.4 Å². The fraction of sp³-hybridized carbons (Fsp3) is 0.308. The summed E-state index contributed by atoms with van der Waals surface area (Å²) in [7, 11) is -0.706. The molecule has 9 nitrogen and oxygen atoms in total. The molecule has 10 heteroatoms. The molecular formula is C26H31N3O6S. The van der Waals surface area contributed by atoms with Crippen molar-refractivity contribution in [2.75, 3.05) is 27.0 Å². The molecule has 0 saturated carbocycles. The highest BCUT2D eigenvalue weighted by molar-refractivity contribution is 7.88. The lowest BCUT2D eigenvalue weighted by molar-refractivity contribution is -0.141. The maximum atomic E-state index is 13.5. The number of nitrogens with one attached hydrogen (secondary N) is 1. The SMILES string of the molecule is COc1ccc(CN(C(=O)CN(C)S(C)(=O)=O)C(Cc2ccccc2)C(=O)NCc2ccco2)cc1. The van der Waals surface area contributed by atoms with Crippen LogP contribution in [0.4, 0.5) is 0 Å². The average molecular weight is 514 g/mol. The summed E-state index contributed by atoms with van der Waals surface area (Å²) in [6, 6.07) is 19.1. The van der Waals surface area contributed by atoms with Crippen molar-refractivity contribution in [3.63, 3.8) is 0 Å². The molecule has 0 saturated heterocycles. The summed E-state index contributed by atoms with van der Waals surface area (Å²) in [5.74, 6) is 0.365. The number of rotatable bonds is 12. The number of carbonyl (C=O) groups is 2. The van der Waals surface area contributed by atoms with Crippen LogP contribution >= 0.6 is 0 Å². The van der Waals surface area contributed by atoms with Crippen molar-refractivity contribution in [1.29, 1.82) is 0 Å². The lowest BCUT2D eigenvalue weighted by Crippen LogP contribution is -2.52. The molecule has 1 aromatic heterocycles. The fourth-order valence-electron chi connectivity index (χ4n) is 3.59. The van der Waals surface area contributed by atoms with E-state index in [9.17, 15) is 18.0 Å². The average Bonchev–Trinajstić information content (AvgIpc) is 3.39. The molecule has 0 radical (unpaired) electrons.